The number of carboxylic acid groups (broad SMARTS) is 1. The molecular formula is C21H20N6O2S. The molecule has 3 fully saturated rings. The van der Waals surface area contributed by atoms with Gasteiger partial charge >= 0.3 is 5.97 Å². The highest BCUT2D eigenvalue weighted by atomic mass is 32.1. The Bertz CT molecular complexity index is 1260. The van der Waals surface area contributed by atoms with Crippen molar-refractivity contribution in [2.45, 2.75) is 31.7 Å². The van der Waals surface area contributed by atoms with Crippen LogP contribution in [0.5, 0.6) is 0 Å². The lowest BCUT2D eigenvalue weighted by atomic mass is 9.61. The van der Waals surface area contributed by atoms with Crippen molar-refractivity contribution in [3.63, 3.8) is 0 Å². The molecule has 3 saturated carbocycles. The van der Waals surface area contributed by atoms with Crippen molar-refractivity contribution in [3.8, 4) is 11.4 Å². The van der Waals surface area contributed by atoms with Gasteiger partial charge in [0, 0.05) is 29.4 Å². The number of thiophene rings is 1. The van der Waals surface area contributed by atoms with Gasteiger partial charge in [-0.1, -0.05) is 0 Å². The van der Waals surface area contributed by atoms with Gasteiger partial charge in [0.2, 0.25) is 0 Å². The second kappa shape index (κ2) is 6.73. The first-order valence-electron chi connectivity index (χ1n) is 10.2. The van der Waals surface area contributed by atoms with Crippen LogP contribution in [-0.4, -0.2) is 42.0 Å². The summed E-state index contributed by atoms with van der Waals surface area (Å²) in [6, 6.07) is 1.90. The maximum atomic E-state index is 12.1. The first kappa shape index (κ1) is 17.8. The summed E-state index contributed by atoms with van der Waals surface area (Å²) in [7, 11) is 0. The summed E-state index contributed by atoms with van der Waals surface area (Å²) in [5.74, 6) is 0.838. The van der Waals surface area contributed by atoms with Gasteiger partial charge in [-0.25, -0.2) is 19.9 Å². The predicted molar refractivity (Wildman–Crippen MR) is 114 cm³/mol. The maximum absolute atomic E-state index is 12.1. The first-order valence-corrected chi connectivity index (χ1v) is 11.1. The molecule has 3 aliphatic carbocycles. The van der Waals surface area contributed by atoms with E-state index in [1.54, 1.807) is 17.5 Å². The van der Waals surface area contributed by atoms with E-state index < -0.39 is 5.97 Å². The van der Waals surface area contributed by atoms with Gasteiger partial charge in [0.05, 0.1) is 11.3 Å². The SMILES string of the molecule is O=C(O)C1C2CCC(CC2)C1Nc1nc(-c2c[nH]c3ncncc23)nc2sccc12. The Morgan fingerprint density at radius 2 is 2.00 bits per heavy atom. The Hall–Kier alpha value is -3.07. The fourth-order valence-corrected chi connectivity index (χ4v) is 6.07. The lowest BCUT2D eigenvalue weighted by molar-refractivity contribution is -0.148. The largest absolute Gasteiger partial charge is 0.481 e. The van der Waals surface area contributed by atoms with Crippen LogP contribution >= 0.6 is 11.3 Å². The molecule has 0 spiro atoms. The first-order chi connectivity index (χ1) is 14.7. The minimum atomic E-state index is -0.702. The molecule has 8 nitrogen and oxygen atoms in total. The Morgan fingerprint density at radius 1 is 1.17 bits per heavy atom. The summed E-state index contributed by atoms with van der Waals surface area (Å²) in [4.78, 5) is 34.1. The van der Waals surface area contributed by atoms with E-state index in [1.807, 2.05) is 17.6 Å². The van der Waals surface area contributed by atoms with Crippen LogP contribution in [0.1, 0.15) is 25.7 Å². The van der Waals surface area contributed by atoms with Crippen LogP contribution in [-0.2, 0) is 4.79 Å². The fraction of sp³-hybridized carbons (Fsp3) is 0.381. The van der Waals surface area contributed by atoms with Crippen molar-refractivity contribution < 1.29 is 9.90 Å². The molecule has 7 rings (SSSR count). The van der Waals surface area contributed by atoms with Crippen LogP contribution in [0.3, 0.4) is 0 Å². The number of hydrogen-bond donors (Lipinski definition) is 3. The molecule has 152 valence electrons. The van der Waals surface area contributed by atoms with E-state index in [9.17, 15) is 9.90 Å². The zero-order valence-electron chi connectivity index (χ0n) is 16.1. The average Bonchev–Trinajstić information content (AvgIpc) is 3.41. The second-order valence-electron chi connectivity index (χ2n) is 8.23. The zero-order valence-corrected chi connectivity index (χ0v) is 16.9. The van der Waals surface area contributed by atoms with Crippen LogP contribution in [0.25, 0.3) is 32.6 Å². The Morgan fingerprint density at radius 3 is 2.83 bits per heavy atom. The van der Waals surface area contributed by atoms with Gasteiger partial charge in [-0.2, -0.15) is 0 Å². The number of carboxylic acids is 1. The van der Waals surface area contributed by atoms with Crippen LogP contribution in [0.2, 0.25) is 0 Å². The number of aromatic amines is 1. The van der Waals surface area contributed by atoms with E-state index in [4.69, 9.17) is 9.97 Å². The highest BCUT2D eigenvalue weighted by Gasteiger charge is 2.47. The smallest absolute Gasteiger partial charge is 0.308 e. The number of H-pyrrole nitrogens is 1. The molecule has 0 aliphatic heterocycles. The average molecular weight is 420 g/mol. The van der Waals surface area contributed by atoms with Gasteiger partial charge in [-0.15, -0.1) is 11.3 Å². The summed E-state index contributed by atoms with van der Waals surface area (Å²) in [5, 5.41) is 17.3. The molecule has 2 unspecified atom stereocenters. The Kier molecular flexibility index (Phi) is 3.98. The third kappa shape index (κ3) is 2.68. The minimum absolute atomic E-state index is 0.104. The number of aliphatic carboxylic acids is 1. The van der Waals surface area contributed by atoms with Crippen molar-refractivity contribution in [1.29, 1.82) is 0 Å². The van der Waals surface area contributed by atoms with Gasteiger partial charge in [0.1, 0.15) is 22.6 Å². The molecule has 3 N–H and O–H groups in total. The maximum Gasteiger partial charge on any atom is 0.308 e. The number of aromatic nitrogens is 5. The molecule has 4 aromatic rings. The highest BCUT2D eigenvalue weighted by molar-refractivity contribution is 7.16. The molecular weight excluding hydrogens is 400 g/mol. The van der Waals surface area contributed by atoms with Crippen molar-refractivity contribution in [2.24, 2.45) is 17.8 Å². The van der Waals surface area contributed by atoms with Crippen molar-refractivity contribution in [3.05, 3.63) is 30.2 Å². The Balaban J connectivity index is 1.45. The summed E-state index contributed by atoms with van der Waals surface area (Å²) >= 11 is 1.55. The van der Waals surface area contributed by atoms with E-state index in [0.717, 1.165) is 52.5 Å². The normalized spacial score (nSPS) is 25.7. The summed E-state index contributed by atoms with van der Waals surface area (Å²) < 4.78 is 0. The number of carbonyl (C=O) groups is 1. The van der Waals surface area contributed by atoms with E-state index in [2.05, 4.69) is 20.3 Å². The number of hydrogen-bond acceptors (Lipinski definition) is 7. The third-order valence-corrected chi connectivity index (χ3v) is 7.54. The minimum Gasteiger partial charge on any atom is -0.481 e. The lowest BCUT2D eigenvalue weighted by Gasteiger charge is -2.47. The third-order valence-electron chi connectivity index (χ3n) is 6.73. The predicted octanol–water partition coefficient (Wildman–Crippen LogP) is 3.93. The topological polar surface area (TPSA) is 117 Å². The number of nitrogens with zero attached hydrogens (tertiary/aromatic N) is 4. The number of rotatable bonds is 4. The van der Waals surface area contributed by atoms with Crippen LogP contribution in [0, 0.1) is 17.8 Å². The molecule has 2 atom stereocenters. The van der Waals surface area contributed by atoms with Gasteiger partial charge < -0.3 is 15.4 Å². The summed E-state index contributed by atoms with van der Waals surface area (Å²) in [6.07, 6.45) is 9.29. The molecule has 2 bridgehead atoms. The van der Waals surface area contributed by atoms with Gasteiger partial charge in [0.15, 0.2) is 5.82 Å². The van der Waals surface area contributed by atoms with Crippen molar-refractivity contribution in [2.75, 3.05) is 5.32 Å². The van der Waals surface area contributed by atoms with E-state index in [-0.39, 0.29) is 17.9 Å². The Labute approximate surface area is 175 Å². The summed E-state index contributed by atoms with van der Waals surface area (Å²) in [6.45, 7) is 0. The van der Waals surface area contributed by atoms with Crippen molar-refractivity contribution in [1.82, 2.24) is 24.9 Å². The summed E-state index contributed by atoms with van der Waals surface area (Å²) in [5.41, 5.74) is 1.57. The highest BCUT2D eigenvalue weighted by Crippen LogP contribution is 2.47. The molecule has 0 aromatic carbocycles. The molecule has 0 amide bonds. The molecule has 9 heteroatoms. The molecule has 0 saturated heterocycles. The quantitative estimate of drug-likeness (QED) is 0.458. The number of anilines is 1. The lowest BCUT2D eigenvalue weighted by Crippen LogP contribution is -2.51. The van der Waals surface area contributed by atoms with Gasteiger partial charge in [-0.3, -0.25) is 4.79 Å². The number of fused-ring (bicyclic) bond motifs is 5. The van der Waals surface area contributed by atoms with Crippen LogP contribution in [0.4, 0.5) is 5.82 Å². The fourth-order valence-electron chi connectivity index (χ4n) is 5.30. The monoisotopic (exact) mass is 420 g/mol. The van der Waals surface area contributed by atoms with Crippen molar-refractivity contribution >= 4 is 44.4 Å². The molecule has 0 radical (unpaired) electrons. The number of nitrogens with one attached hydrogen (secondary N) is 2. The van der Waals surface area contributed by atoms with Gasteiger partial charge in [0.25, 0.3) is 0 Å². The standard InChI is InChI=1S/C21H20N6O2S/c28-21(29)15-10-1-3-11(4-2-10)16(15)25-18-12-5-6-30-20(12)27-19(26-18)14-8-23-17-13(14)7-22-9-24-17/h5-11,15-16H,1-4H2,(H,28,29)(H,22,23,24)(H,25,26,27). The van der Waals surface area contributed by atoms with E-state index in [0.29, 0.717) is 17.6 Å². The molecule has 30 heavy (non-hydrogen) atoms. The van der Waals surface area contributed by atoms with Crippen LogP contribution in [0.15, 0.2) is 30.2 Å². The molecule has 3 aliphatic rings. The zero-order chi connectivity index (χ0) is 20.2. The van der Waals surface area contributed by atoms with E-state index in [1.165, 1.54) is 6.33 Å². The molecule has 4 aromatic heterocycles. The second-order valence-corrected chi connectivity index (χ2v) is 9.13. The molecule has 4 heterocycles. The van der Waals surface area contributed by atoms with Crippen LogP contribution < -0.4 is 5.32 Å². The van der Waals surface area contributed by atoms with Gasteiger partial charge in [-0.05, 0) is 49.0 Å². The van der Waals surface area contributed by atoms with E-state index >= 15 is 0 Å².